The molecule has 2 rings (SSSR count). The van der Waals surface area contributed by atoms with Gasteiger partial charge in [0.2, 0.25) is 0 Å². The molecule has 0 aromatic heterocycles. The molecule has 0 radical (unpaired) electrons. The largest absolute Gasteiger partial charge is 0.390 e. The van der Waals surface area contributed by atoms with Crippen LogP contribution in [-0.4, -0.2) is 23.9 Å². The Labute approximate surface area is 112 Å². The van der Waals surface area contributed by atoms with Crippen LogP contribution < -0.4 is 0 Å². The first kappa shape index (κ1) is 14.4. The van der Waals surface area contributed by atoms with Gasteiger partial charge >= 0.3 is 0 Å². The van der Waals surface area contributed by atoms with Crippen molar-refractivity contribution in [1.82, 2.24) is 0 Å². The van der Waals surface area contributed by atoms with Crippen LogP contribution in [0.3, 0.4) is 0 Å². The highest BCUT2D eigenvalue weighted by atomic mass is 19.1. The molecular formula is C15H20F2O2. The van der Waals surface area contributed by atoms with Gasteiger partial charge in [-0.1, -0.05) is 25.3 Å². The van der Waals surface area contributed by atoms with Crippen LogP contribution in [0.2, 0.25) is 0 Å². The minimum atomic E-state index is -0.885. The molecule has 106 valence electrons. The molecule has 0 bridgehead atoms. The fourth-order valence-corrected chi connectivity index (χ4v) is 2.93. The van der Waals surface area contributed by atoms with Crippen molar-refractivity contribution >= 4 is 0 Å². The average Bonchev–Trinajstić information content (AvgIpc) is 2.43. The molecule has 1 fully saturated rings. The quantitative estimate of drug-likeness (QED) is 0.910. The summed E-state index contributed by atoms with van der Waals surface area (Å²) in [5.41, 5.74) is -0.718. The molecule has 0 aliphatic heterocycles. The molecular weight excluding hydrogens is 250 g/mol. The van der Waals surface area contributed by atoms with E-state index >= 15 is 0 Å². The normalized spacial score (nSPS) is 20.2. The van der Waals surface area contributed by atoms with E-state index in [9.17, 15) is 13.9 Å². The van der Waals surface area contributed by atoms with Gasteiger partial charge in [-0.2, -0.15) is 0 Å². The van der Waals surface area contributed by atoms with Gasteiger partial charge in [0.25, 0.3) is 0 Å². The maximum Gasteiger partial charge on any atom is 0.129 e. The lowest BCUT2D eigenvalue weighted by Gasteiger charge is -2.40. The highest BCUT2D eigenvalue weighted by Gasteiger charge is 2.39. The molecule has 1 N–H and O–H groups in total. The van der Waals surface area contributed by atoms with Crippen LogP contribution in [0.15, 0.2) is 18.2 Å². The van der Waals surface area contributed by atoms with Gasteiger partial charge in [-0.05, 0) is 25.0 Å². The van der Waals surface area contributed by atoms with Gasteiger partial charge in [0, 0.05) is 19.1 Å². The number of aliphatic hydroxyl groups is 1. The Bertz CT molecular complexity index is 408. The zero-order valence-corrected chi connectivity index (χ0v) is 11.2. The Morgan fingerprint density at radius 1 is 1.21 bits per heavy atom. The van der Waals surface area contributed by atoms with E-state index in [1.54, 1.807) is 7.11 Å². The van der Waals surface area contributed by atoms with Crippen molar-refractivity contribution < 1.29 is 18.6 Å². The lowest BCUT2D eigenvalue weighted by Crippen LogP contribution is -2.47. The third-order valence-electron chi connectivity index (χ3n) is 4.17. The molecule has 0 saturated heterocycles. The van der Waals surface area contributed by atoms with E-state index in [0.717, 1.165) is 32.1 Å². The molecule has 0 spiro atoms. The second-order valence-electron chi connectivity index (χ2n) is 5.25. The van der Waals surface area contributed by atoms with Gasteiger partial charge in [-0.3, -0.25) is 0 Å². The standard InChI is InChI=1S/C15H20F2O2/c1-19-15(8-3-2-4-9-15)14(18)10-11-12(16)6-5-7-13(11)17/h5-7,14,18H,2-4,8-10H2,1H3. The fourth-order valence-electron chi connectivity index (χ4n) is 2.93. The van der Waals surface area contributed by atoms with E-state index in [2.05, 4.69) is 0 Å². The average molecular weight is 270 g/mol. The number of methoxy groups -OCH3 is 1. The molecule has 0 amide bonds. The molecule has 2 nitrogen and oxygen atoms in total. The van der Waals surface area contributed by atoms with Crippen molar-refractivity contribution in [3.05, 3.63) is 35.4 Å². The van der Waals surface area contributed by atoms with Crippen LogP contribution in [0.25, 0.3) is 0 Å². The Hall–Kier alpha value is -1.00. The van der Waals surface area contributed by atoms with Gasteiger partial charge in [0.15, 0.2) is 0 Å². The zero-order chi connectivity index (χ0) is 13.9. The smallest absolute Gasteiger partial charge is 0.129 e. The van der Waals surface area contributed by atoms with Crippen molar-refractivity contribution in [2.45, 2.75) is 50.2 Å². The lowest BCUT2D eigenvalue weighted by molar-refractivity contribution is -0.122. The zero-order valence-electron chi connectivity index (χ0n) is 11.2. The minimum Gasteiger partial charge on any atom is -0.390 e. The summed E-state index contributed by atoms with van der Waals surface area (Å²) in [7, 11) is 1.56. The maximum absolute atomic E-state index is 13.6. The molecule has 1 atom stereocenters. The molecule has 4 heteroatoms. The summed E-state index contributed by atoms with van der Waals surface area (Å²) < 4.78 is 32.7. The Morgan fingerprint density at radius 3 is 2.32 bits per heavy atom. The number of ether oxygens (including phenoxy) is 1. The van der Waals surface area contributed by atoms with Crippen LogP contribution in [0, 0.1) is 11.6 Å². The molecule has 1 aromatic carbocycles. The van der Waals surface area contributed by atoms with E-state index in [0.29, 0.717) is 0 Å². The SMILES string of the molecule is COC1(C(O)Cc2c(F)cccc2F)CCCCC1. The van der Waals surface area contributed by atoms with Crippen molar-refractivity contribution in [3.8, 4) is 0 Å². The summed E-state index contributed by atoms with van der Waals surface area (Å²) in [6.07, 6.45) is 3.61. The van der Waals surface area contributed by atoms with Crippen LogP contribution in [0.4, 0.5) is 8.78 Å². The highest BCUT2D eigenvalue weighted by molar-refractivity contribution is 5.21. The number of hydrogen-bond donors (Lipinski definition) is 1. The highest BCUT2D eigenvalue weighted by Crippen LogP contribution is 2.35. The molecule has 1 aromatic rings. The number of rotatable bonds is 4. The van der Waals surface area contributed by atoms with Crippen LogP contribution in [0.5, 0.6) is 0 Å². The second kappa shape index (κ2) is 5.97. The van der Waals surface area contributed by atoms with Gasteiger partial charge in [-0.15, -0.1) is 0 Å². The van der Waals surface area contributed by atoms with E-state index in [1.807, 2.05) is 0 Å². The lowest BCUT2D eigenvalue weighted by atomic mass is 9.78. The molecule has 1 unspecified atom stereocenters. The molecule has 19 heavy (non-hydrogen) atoms. The van der Waals surface area contributed by atoms with E-state index < -0.39 is 23.3 Å². The number of aliphatic hydroxyl groups excluding tert-OH is 1. The Morgan fingerprint density at radius 2 is 1.79 bits per heavy atom. The van der Waals surface area contributed by atoms with E-state index in [4.69, 9.17) is 4.74 Å². The second-order valence-corrected chi connectivity index (χ2v) is 5.25. The van der Waals surface area contributed by atoms with E-state index in [-0.39, 0.29) is 12.0 Å². The monoisotopic (exact) mass is 270 g/mol. The molecule has 1 aliphatic carbocycles. The predicted octanol–water partition coefficient (Wildman–Crippen LogP) is 3.22. The van der Waals surface area contributed by atoms with Gasteiger partial charge < -0.3 is 9.84 Å². The van der Waals surface area contributed by atoms with Crippen molar-refractivity contribution in [1.29, 1.82) is 0 Å². The first-order chi connectivity index (χ1) is 9.09. The third kappa shape index (κ3) is 2.95. The van der Waals surface area contributed by atoms with Crippen molar-refractivity contribution in [2.75, 3.05) is 7.11 Å². The predicted molar refractivity (Wildman–Crippen MR) is 68.9 cm³/mol. The molecule has 1 saturated carbocycles. The van der Waals surface area contributed by atoms with Crippen molar-refractivity contribution in [2.24, 2.45) is 0 Å². The molecule has 0 heterocycles. The van der Waals surface area contributed by atoms with Crippen molar-refractivity contribution in [3.63, 3.8) is 0 Å². The van der Waals surface area contributed by atoms with Crippen LogP contribution >= 0.6 is 0 Å². The summed E-state index contributed by atoms with van der Waals surface area (Å²) in [4.78, 5) is 0. The number of benzene rings is 1. The van der Waals surface area contributed by atoms with Crippen LogP contribution in [0.1, 0.15) is 37.7 Å². The van der Waals surface area contributed by atoms with Crippen LogP contribution in [-0.2, 0) is 11.2 Å². The minimum absolute atomic E-state index is 0.0493. The summed E-state index contributed by atoms with van der Waals surface area (Å²) >= 11 is 0. The third-order valence-corrected chi connectivity index (χ3v) is 4.17. The van der Waals surface area contributed by atoms with Gasteiger partial charge in [-0.25, -0.2) is 8.78 Å². The Kier molecular flexibility index (Phi) is 4.53. The first-order valence-electron chi connectivity index (χ1n) is 6.75. The van der Waals surface area contributed by atoms with E-state index in [1.165, 1.54) is 18.2 Å². The first-order valence-corrected chi connectivity index (χ1v) is 6.75. The fraction of sp³-hybridized carbons (Fsp3) is 0.600. The summed E-state index contributed by atoms with van der Waals surface area (Å²) in [5.74, 6) is -1.22. The van der Waals surface area contributed by atoms with Gasteiger partial charge in [0.1, 0.15) is 11.6 Å². The summed E-state index contributed by atoms with van der Waals surface area (Å²) in [5, 5.41) is 10.4. The summed E-state index contributed by atoms with van der Waals surface area (Å²) in [6, 6.07) is 3.75. The topological polar surface area (TPSA) is 29.5 Å². The number of halogens is 2. The number of hydrogen-bond acceptors (Lipinski definition) is 2. The molecule has 1 aliphatic rings. The van der Waals surface area contributed by atoms with Gasteiger partial charge in [0.05, 0.1) is 11.7 Å². The Balaban J connectivity index is 2.17. The maximum atomic E-state index is 13.6. The summed E-state index contributed by atoms with van der Waals surface area (Å²) in [6.45, 7) is 0.